The molecule has 5 aromatic rings. The zero-order valence-corrected chi connectivity index (χ0v) is 18.2. The van der Waals surface area contributed by atoms with Crippen molar-refractivity contribution in [2.75, 3.05) is 5.32 Å². The predicted octanol–water partition coefficient (Wildman–Crippen LogP) is 5.95. The molecule has 2 heterocycles. The van der Waals surface area contributed by atoms with E-state index in [0.29, 0.717) is 39.7 Å². The lowest BCUT2D eigenvalue weighted by molar-refractivity contribution is 0.0953. The molecule has 6 nitrogen and oxygen atoms in total. The van der Waals surface area contributed by atoms with Crippen molar-refractivity contribution in [2.24, 2.45) is 0 Å². The number of benzene rings is 3. The highest BCUT2D eigenvalue weighted by atomic mass is 35.5. The number of anilines is 1. The van der Waals surface area contributed by atoms with E-state index in [9.17, 15) is 4.79 Å². The van der Waals surface area contributed by atoms with Gasteiger partial charge in [0.15, 0.2) is 22.3 Å². The molecule has 8 heteroatoms. The summed E-state index contributed by atoms with van der Waals surface area (Å²) in [5.74, 6) is 0.362. The summed E-state index contributed by atoms with van der Waals surface area (Å²) in [5.41, 5.74) is 3.72. The number of amides is 1. The topological polar surface area (TPSA) is 80.3 Å². The zero-order valence-electron chi connectivity index (χ0n) is 16.6. The summed E-state index contributed by atoms with van der Waals surface area (Å²) in [7, 11) is 0. The number of oxazole rings is 1. The largest absolute Gasteiger partial charge is 0.451 e. The van der Waals surface area contributed by atoms with Crippen LogP contribution in [0.15, 0.2) is 81.6 Å². The Labute approximate surface area is 193 Å². The quantitative estimate of drug-likeness (QED) is 0.322. The van der Waals surface area contributed by atoms with Gasteiger partial charge in [-0.1, -0.05) is 41.9 Å². The van der Waals surface area contributed by atoms with Gasteiger partial charge < -0.3 is 14.2 Å². The summed E-state index contributed by atoms with van der Waals surface area (Å²) in [6, 6.07) is 22.1. The second-order valence-corrected chi connectivity index (χ2v) is 7.99. The Morgan fingerprint density at radius 3 is 2.59 bits per heavy atom. The van der Waals surface area contributed by atoms with E-state index in [1.54, 1.807) is 24.3 Å². The molecule has 0 saturated heterocycles. The van der Waals surface area contributed by atoms with E-state index in [0.717, 1.165) is 10.9 Å². The molecule has 2 N–H and O–H groups in total. The maximum Gasteiger partial charge on any atom is 0.293 e. The number of halogens is 1. The second kappa shape index (κ2) is 8.45. The normalized spacial score (nSPS) is 11.0. The lowest BCUT2D eigenvalue weighted by atomic mass is 10.1. The van der Waals surface area contributed by atoms with Gasteiger partial charge in [0.05, 0.1) is 0 Å². The number of rotatable bonds is 4. The van der Waals surface area contributed by atoms with E-state index in [2.05, 4.69) is 15.6 Å². The number of hydrogen-bond acceptors (Lipinski definition) is 5. The molecule has 0 aliphatic rings. The van der Waals surface area contributed by atoms with Crippen LogP contribution >= 0.6 is 23.8 Å². The average molecular weight is 462 g/mol. The number of para-hydroxylation sites is 1. The highest BCUT2D eigenvalue weighted by molar-refractivity contribution is 7.80. The van der Waals surface area contributed by atoms with Crippen LogP contribution in [0.25, 0.3) is 22.1 Å². The summed E-state index contributed by atoms with van der Waals surface area (Å²) in [6.45, 7) is 0. The minimum absolute atomic E-state index is 0.152. The molecule has 0 unspecified atom stereocenters. The standard InChI is InChI=1S/C24H16ClN3O3S/c25-16-7-5-14(6-8-16)11-22-27-18-13-17(9-10-20(18)31-22)26-24(32)28-23(29)21-12-15-3-1-2-4-19(15)30-21/h1-10,12-13H,11H2,(H2,26,28,29,32). The van der Waals surface area contributed by atoms with Crippen molar-refractivity contribution in [3.63, 3.8) is 0 Å². The van der Waals surface area contributed by atoms with Gasteiger partial charge in [-0.2, -0.15) is 0 Å². The van der Waals surface area contributed by atoms with Crippen molar-refractivity contribution >= 4 is 62.6 Å². The summed E-state index contributed by atoms with van der Waals surface area (Å²) < 4.78 is 11.4. The Hall–Kier alpha value is -3.68. The van der Waals surface area contributed by atoms with Crippen molar-refractivity contribution in [2.45, 2.75) is 6.42 Å². The van der Waals surface area contributed by atoms with Crippen molar-refractivity contribution in [1.82, 2.24) is 10.3 Å². The van der Waals surface area contributed by atoms with Gasteiger partial charge in [-0.3, -0.25) is 10.1 Å². The third kappa shape index (κ3) is 4.34. The maximum atomic E-state index is 12.5. The highest BCUT2D eigenvalue weighted by Gasteiger charge is 2.14. The van der Waals surface area contributed by atoms with Gasteiger partial charge in [0.1, 0.15) is 11.1 Å². The van der Waals surface area contributed by atoms with Gasteiger partial charge in [-0.05, 0) is 60.2 Å². The van der Waals surface area contributed by atoms with Crippen LogP contribution in [0.4, 0.5) is 5.69 Å². The van der Waals surface area contributed by atoms with Crippen LogP contribution in [-0.4, -0.2) is 16.0 Å². The summed E-state index contributed by atoms with van der Waals surface area (Å²) in [4.78, 5) is 17.0. The minimum Gasteiger partial charge on any atom is -0.451 e. The molecule has 0 fully saturated rings. The molecular weight excluding hydrogens is 446 g/mol. The highest BCUT2D eigenvalue weighted by Crippen LogP contribution is 2.22. The second-order valence-electron chi connectivity index (χ2n) is 7.15. The van der Waals surface area contributed by atoms with Crippen LogP contribution < -0.4 is 10.6 Å². The third-order valence-electron chi connectivity index (χ3n) is 4.83. The first-order chi connectivity index (χ1) is 15.5. The molecule has 0 saturated carbocycles. The third-order valence-corrected chi connectivity index (χ3v) is 5.29. The lowest BCUT2D eigenvalue weighted by Crippen LogP contribution is -2.33. The van der Waals surface area contributed by atoms with Gasteiger partial charge in [-0.15, -0.1) is 0 Å². The van der Waals surface area contributed by atoms with Crippen LogP contribution in [0.5, 0.6) is 0 Å². The molecule has 158 valence electrons. The first-order valence-electron chi connectivity index (χ1n) is 9.78. The number of nitrogens with zero attached hydrogens (tertiary/aromatic N) is 1. The predicted molar refractivity (Wildman–Crippen MR) is 128 cm³/mol. The van der Waals surface area contributed by atoms with Gasteiger partial charge >= 0.3 is 0 Å². The fourth-order valence-corrected chi connectivity index (χ4v) is 3.66. The molecule has 0 spiro atoms. The van der Waals surface area contributed by atoms with Crippen LogP contribution in [0, 0.1) is 0 Å². The average Bonchev–Trinajstić information content (AvgIpc) is 3.38. The van der Waals surface area contributed by atoms with Crippen LogP contribution in [0.3, 0.4) is 0 Å². The number of carbonyl (C=O) groups excluding carboxylic acids is 1. The minimum atomic E-state index is -0.425. The summed E-state index contributed by atoms with van der Waals surface area (Å²) >= 11 is 11.2. The molecule has 5 rings (SSSR count). The monoisotopic (exact) mass is 461 g/mol. The first-order valence-corrected chi connectivity index (χ1v) is 10.6. The van der Waals surface area contributed by atoms with Crippen LogP contribution in [-0.2, 0) is 6.42 Å². The molecule has 0 aliphatic carbocycles. The number of carbonyl (C=O) groups is 1. The van der Waals surface area contributed by atoms with E-state index in [4.69, 9.17) is 32.7 Å². The Morgan fingerprint density at radius 2 is 1.78 bits per heavy atom. The molecule has 0 bridgehead atoms. The fraction of sp³-hybridized carbons (Fsp3) is 0.0417. The van der Waals surface area contributed by atoms with Crippen molar-refractivity contribution < 1.29 is 13.6 Å². The number of aromatic nitrogens is 1. The van der Waals surface area contributed by atoms with Gasteiger partial charge in [0.25, 0.3) is 5.91 Å². The van der Waals surface area contributed by atoms with Crippen molar-refractivity contribution in [3.8, 4) is 0 Å². The fourth-order valence-electron chi connectivity index (χ4n) is 3.33. The van der Waals surface area contributed by atoms with Crippen LogP contribution in [0.1, 0.15) is 22.0 Å². The molecule has 2 aromatic heterocycles. The van der Waals surface area contributed by atoms with Gasteiger partial charge in [-0.25, -0.2) is 4.98 Å². The Balaban J connectivity index is 1.26. The smallest absolute Gasteiger partial charge is 0.293 e. The molecule has 0 radical (unpaired) electrons. The van der Waals surface area contributed by atoms with E-state index >= 15 is 0 Å². The van der Waals surface area contributed by atoms with Crippen LogP contribution in [0.2, 0.25) is 5.02 Å². The van der Waals surface area contributed by atoms with Crippen molar-refractivity contribution in [3.05, 3.63) is 95.0 Å². The van der Waals surface area contributed by atoms with E-state index in [-0.39, 0.29) is 10.9 Å². The number of nitrogens with one attached hydrogen (secondary N) is 2. The van der Waals surface area contributed by atoms with E-state index in [1.165, 1.54) is 0 Å². The SMILES string of the molecule is O=C(NC(=S)Nc1ccc2oc(Cc3ccc(Cl)cc3)nc2c1)c1cc2ccccc2o1. The molecule has 1 amide bonds. The lowest BCUT2D eigenvalue weighted by Gasteiger charge is -2.08. The number of fused-ring (bicyclic) bond motifs is 2. The molecule has 0 aliphatic heterocycles. The van der Waals surface area contributed by atoms with Crippen molar-refractivity contribution in [1.29, 1.82) is 0 Å². The van der Waals surface area contributed by atoms with Gasteiger partial charge in [0, 0.05) is 22.5 Å². The molecule has 32 heavy (non-hydrogen) atoms. The van der Waals surface area contributed by atoms with E-state index in [1.807, 2.05) is 48.5 Å². The first kappa shape index (κ1) is 20.2. The maximum absolute atomic E-state index is 12.5. The van der Waals surface area contributed by atoms with Gasteiger partial charge in [0.2, 0.25) is 0 Å². The number of furan rings is 1. The summed E-state index contributed by atoms with van der Waals surface area (Å²) in [6.07, 6.45) is 0.556. The Kier molecular flexibility index (Phi) is 5.34. The Morgan fingerprint density at radius 1 is 0.969 bits per heavy atom. The molecular formula is C24H16ClN3O3S. The Bertz CT molecular complexity index is 1420. The summed E-state index contributed by atoms with van der Waals surface area (Å²) in [5, 5.41) is 7.31. The van der Waals surface area contributed by atoms with E-state index < -0.39 is 5.91 Å². The number of thiocarbonyl (C=S) groups is 1. The molecule has 0 atom stereocenters. The zero-order chi connectivity index (χ0) is 22.1. The number of hydrogen-bond donors (Lipinski definition) is 2. The molecule has 3 aromatic carbocycles.